The molecular formula is C14H32O5Si3. The van der Waals surface area contributed by atoms with Gasteiger partial charge in [0.2, 0.25) is 8.32 Å². The fourth-order valence-corrected chi connectivity index (χ4v) is 5.08. The van der Waals surface area contributed by atoms with Crippen molar-refractivity contribution < 1.29 is 23.2 Å². The van der Waals surface area contributed by atoms with Gasteiger partial charge in [-0.05, 0) is 65.8 Å². The van der Waals surface area contributed by atoms with Gasteiger partial charge >= 0.3 is 5.97 Å². The van der Waals surface area contributed by atoms with E-state index in [0.717, 1.165) is 0 Å². The number of carbonyl (C=O) groups is 1. The van der Waals surface area contributed by atoms with E-state index in [-0.39, 0.29) is 5.57 Å². The molecule has 130 valence electrons. The van der Waals surface area contributed by atoms with E-state index in [1.807, 2.05) is 58.9 Å². The predicted octanol–water partition coefficient (Wildman–Crippen LogP) is 4.23. The minimum absolute atomic E-state index is 0.0276. The standard InChI is InChI=1S/C14H32O5Si3/c1-14(18-21(5,6)7,19-22(8,9)10)12(13(15)16)11-17-20(2,3)4/h11H,1-10H3,(H,15,16). The first kappa shape index (κ1) is 21.6. The molecule has 0 aliphatic rings. The SMILES string of the molecule is CC(O[Si](C)(C)C)(O[Si](C)(C)C)C(=CO[Si](C)(C)C)C(=O)O. The number of carboxylic acids is 1. The van der Waals surface area contributed by atoms with Crippen LogP contribution in [-0.2, 0) is 18.1 Å². The van der Waals surface area contributed by atoms with Crippen LogP contribution in [0.4, 0.5) is 0 Å². The summed E-state index contributed by atoms with van der Waals surface area (Å²) in [5, 5.41) is 9.64. The molecule has 0 spiro atoms. The third kappa shape index (κ3) is 8.89. The molecule has 1 N–H and O–H groups in total. The lowest BCUT2D eigenvalue weighted by Crippen LogP contribution is -2.51. The van der Waals surface area contributed by atoms with Gasteiger partial charge in [0.25, 0.3) is 0 Å². The van der Waals surface area contributed by atoms with E-state index in [1.54, 1.807) is 6.92 Å². The molecule has 0 radical (unpaired) electrons. The van der Waals surface area contributed by atoms with Crippen LogP contribution in [0.25, 0.3) is 0 Å². The van der Waals surface area contributed by atoms with Crippen LogP contribution in [0.5, 0.6) is 0 Å². The highest BCUT2D eigenvalue weighted by molar-refractivity contribution is 6.71. The average molecular weight is 365 g/mol. The number of hydrogen-bond acceptors (Lipinski definition) is 4. The summed E-state index contributed by atoms with van der Waals surface area (Å²) in [6.45, 7) is 19.8. The normalized spacial score (nSPS) is 14.9. The van der Waals surface area contributed by atoms with Crippen molar-refractivity contribution in [3.8, 4) is 0 Å². The zero-order valence-electron chi connectivity index (χ0n) is 15.7. The smallest absolute Gasteiger partial charge is 0.340 e. The van der Waals surface area contributed by atoms with E-state index in [4.69, 9.17) is 13.3 Å². The topological polar surface area (TPSA) is 65.0 Å². The van der Waals surface area contributed by atoms with Gasteiger partial charge in [0.1, 0.15) is 5.57 Å². The maximum absolute atomic E-state index is 11.8. The van der Waals surface area contributed by atoms with Crippen molar-refractivity contribution in [3.05, 3.63) is 11.8 Å². The molecule has 0 saturated heterocycles. The van der Waals surface area contributed by atoms with Crippen LogP contribution in [0.2, 0.25) is 58.9 Å². The summed E-state index contributed by atoms with van der Waals surface area (Å²) in [6, 6.07) is 0. The highest BCUT2D eigenvalue weighted by Crippen LogP contribution is 2.31. The highest BCUT2D eigenvalue weighted by Gasteiger charge is 2.43. The Bertz CT molecular complexity index is 411. The fourth-order valence-electron chi connectivity index (χ4n) is 1.89. The zero-order valence-corrected chi connectivity index (χ0v) is 18.7. The second-order valence-corrected chi connectivity index (χ2v) is 21.8. The minimum Gasteiger partial charge on any atom is -0.549 e. The van der Waals surface area contributed by atoms with Crippen molar-refractivity contribution in [1.29, 1.82) is 0 Å². The number of aliphatic carboxylic acids is 1. The van der Waals surface area contributed by atoms with Gasteiger partial charge in [-0.1, -0.05) is 0 Å². The van der Waals surface area contributed by atoms with E-state index in [1.165, 1.54) is 6.26 Å². The van der Waals surface area contributed by atoms with Crippen LogP contribution in [0.3, 0.4) is 0 Å². The molecule has 22 heavy (non-hydrogen) atoms. The highest BCUT2D eigenvalue weighted by atomic mass is 28.4. The van der Waals surface area contributed by atoms with Crippen LogP contribution < -0.4 is 0 Å². The number of carboxylic acid groups (broad SMARTS) is 1. The molecule has 8 heteroatoms. The maximum atomic E-state index is 11.8. The first-order valence-corrected chi connectivity index (χ1v) is 17.7. The molecule has 0 saturated carbocycles. The van der Waals surface area contributed by atoms with Crippen LogP contribution >= 0.6 is 0 Å². The van der Waals surface area contributed by atoms with Crippen LogP contribution in [0.15, 0.2) is 11.8 Å². The molecule has 5 nitrogen and oxygen atoms in total. The molecule has 0 atom stereocenters. The summed E-state index contributed by atoms with van der Waals surface area (Å²) in [5.41, 5.74) is 0.0276. The van der Waals surface area contributed by atoms with Crippen LogP contribution in [0, 0.1) is 0 Å². The molecular weight excluding hydrogens is 332 g/mol. The monoisotopic (exact) mass is 364 g/mol. The summed E-state index contributed by atoms with van der Waals surface area (Å²) >= 11 is 0. The van der Waals surface area contributed by atoms with Gasteiger partial charge in [-0.2, -0.15) is 0 Å². The Kier molecular flexibility index (Phi) is 6.86. The molecule has 0 aliphatic heterocycles. The Hall–Kier alpha value is -0.419. The van der Waals surface area contributed by atoms with E-state index in [2.05, 4.69) is 0 Å². The molecule has 0 rings (SSSR count). The maximum Gasteiger partial charge on any atom is 0.340 e. The van der Waals surface area contributed by atoms with Gasteiger partial charge < -0.3 is 18.4 Å². The fraction of sp³-hybridized carbons (Fsp3) is 0.786. The Balaban J connectivity index is 5.82. The van der Waals surface area contributed by atoms with Crippen molar-refractivity contribution in [3.63, 3.8) is 0 Å². The van der Waals surface area contributed by atoms with Crippen molar-refractivity contribution >= 4 is 30.9 Å². The molecule has 0 heterocycles. The Labute approximate surface area is 138 Å². The molecule has 0 unspecified atom stereocenters. The third-order valence-corrected chi connectivity index (χ3v) is 5.08. The molecule has 0 fully saturated rings. The van der Waals surface area contributed by atoms with Crippen molar-refractivity contribution in [1.82, 2.24) is 0 Å². The molecule has 0 aromatic heterocycles. The minimum atomic E-state index is -2.03. The van der Waals surface area contributed by atoms with Gasteiger partial charge in [0.15, 0.2) is 22.4 Å². The van der Waals surface area contributed by atoms with Gasteiger partial charge in [-0.25, -0.2) is 4.79 Å². The Morgan fingerprint density at radius 1 is 0.864 bits per heavy atom. The first-order chi connectivity index (χ1) is 9.45. The lowest BCUT2D eigenvalue weighted by Gasteiger charge is -2.40. The number of rotatable bonds is 8. The number of hydrogen-bond donors (Lipinski definition) is 1. The summed E-state index contributed by atoms with van der Waals surface area (Å²) in [7, 11) is -5.94. The molecule has 0 bridgehead atoms. The quantitative estimate of drug-likeness (QED) is 0.302. The second kappa shape index (κ2) is 7.00. The first-order valence-electron chi connectivity index (χ1n) is 7.47. The Morgan fingerprint density at radius 2 is 1.23 bits per heavy atom. The van der Waals surface area contributed by atoms with Gasteiger partial charge in [0, 0.05) is 0 Å². The van der Waals surface area contributed by atoms with E-state index < -0.39 is 36.7 Å². The van der Waals surface area contributed by atoms with Crippen molar-refractivity contribution in [2.24, 2.45) is 0 Å². The summed E-state index contributed by atoms with van der Waals surface area (Å²) in [5.74, 6) is -2.36. The second-order valence-electron chi connectivity index (χ2n) is 8.44. The van der Waals surface area contributed by atoms with E-state index >= 15 is 0 Å². The Morgan fingerprint density at radius 3 is 1.45 bits per heavy atom. The van der Waals surface area contributed by atoms with Crippen LogP contribution in [0.1, 0.15) is 6.92 Å². The zero-order chi connectivity index (χ0) is 18.0. The molecule has 0 amide bonds. The largest absolute Gasteiger partial charge is 0.549 e. The predicted molar refractivity (Wildman–Crippen MR) is 97.4 cm³/mol. The molecule has 0 aliphatic carbocycles. The van der Waals surface area contributed by atoms with Gasteiger partial charge in [0.05, 0.1) is 6.26 Å². The molecule has 0 aromatic rings. The van der Waals surface area contributed by atoms with Crippen LogP contribution in [-0.4, -0.2) is 41.8 Å². The van der Waals surface area contributed by atoms with Crippen molar-refractivity contribution in [2.45, 2.75) is 71.6 Å². The summed E-state index contributed by atoms with van der Waals surface area (Å²) < 4.78 is 18.0. The van der Waals surface area contributed by atoms with Crippen molar-refractivity contribution in [2.75, 3.05) is 0 Å². The summed E-state index contributed by atoms with van der Waals surface area (Å²) in [4.78, 5) is 11.8. The van der Waals surface area contributed by atoms with E-state index in [0.29, 0.717) is 0 Å². The average Bonchev–Trinajstić information content (AvgIpc) is 2.06. The lowest BCUT2D eigenvalue weighted by molar-refractivity contribution is -0.142. The lowest BCUT2D eigenvalue weighted by atomic mass is 10.1. The summed E-state index contributed by atoms with van der Waals surface area (Å²) in [6.07, 6.45) is 1.33. The molecule has 0 aromatic carbocycles. The van der Waals surface area contributed by atoms with Gasteiger partial charge in [-0.15, -0.1) is 0 Å². The third-order valence-electron chi connectivity index (χ3n) is 2.25. The van der Waals surface area contributed by atoms with Gasteiger partial charge in [-0.3, -0.25) is 0 Å². The van der Waals surface area contributed by atoms with E-state index in [9.17, 15) is 9.90 Å².